The van der Waals surface area contributed by atoms with Crippen LogP contribution in [-0.4, -0.2) is 31.4 Å². The molecule has 0 aliphatic carbocycles. The molecule has 2 N–H and O–H groups in total. The molecule has 2 aromatic carbocycles. The summed E-state index contributed by atoms with van der Waals surface area (Å²) < 4.78 is 0. The van der Waals surface area contributed by atoms with E-state index in [1.807, 2.05) is 47.8 Å². The molecule has 0 atom stereocenters. The number of hydrogen-bond acceptors (Lipinski definition) is 4. The molecule has 1 aliphatic heterocycles. The Morgan fingerprint density at radius 1 is 1.10 bits per heavy atom. The summed E-state index contributed by atoms with van der Waals surface area (Å²) in [7, 11) is 0. The number of aryl methyl sites for hydroxylation is 1. The topological polar surface area (TPSA) is 61.4 Å². The summed E-state index contributed by atoms with van der Waals surface area (Å²) in [4.78, 5) is 27.1. The third kappa shape index (κ3) is 4.49. The number of anilines is 1. The van der Waals surface area contributed by atoms with Crippen LogP contribution in [-0.2, 0) is 11.3 Å². The maximum Gasteiger partial charge on any atom is 0.262 e. The van der Waals surface area contributed by atoms with Gasteiger partial charge in [0, 0.05) is 30.9 Å². The molecular formula is C23H23N3O2S. The van der Waals surface area contributed by atoms with Gasteiger partial charge in [-0.2, -0.15) is 0 Å². The highest BCUT2D eigenvalue weighted by atomic mass is 32.1. The molecule has 0 saturated carbocycles. The van der Waals surface area contributed by atoms with Gasteiger partial charge in [-0.3, -0.25) is 9.59 Å². The molecule has 1 aromatic heterocycles. The number of nitrogens with zero attached hydrogens (tertiary/aromatic N) is 1. The molecular weight excluding hydrogens is 382 g/mol. The Hall–Kier alpha value is -3.12. The van der Waals surface area contributed by atoms with Gasteiger partial charge >= 0.3 is 0 Å². The molecule has 1 fully saturated rings. The van der Waals surface area contributed by atoms with E-state index in [1.165, 1.54) is 16.9 Å². The number of hydrogen-bond donors (Lipinski definition) is 2. The van der Waals surface area contributed by atoms with Gasteiger partial charge in [0.1, 0.15) is 0 Å². The molecule has 148 valence electrons. The average Bonchev–Trinajstić information content (AvgIpc) is 3.23. The third-order valence-electron chi connectivity index (χ3n) is 5.03. The first-order valence-corrected chi connectivity index (χ1v) is 10.5. The summed E-state index contributed by atoms with van der Waals surface area (Å²) in [6.45, 7) is 4.38. The van der Waals surface area contributed by atoms with Crippen molar-refractivity contribution in [2.45, 2.75) is 13.5 Å². The lowest BCUT2D eigenvalue weighted by Gasteiger charge is -2.28. The molecule has 2 heterocycles. The molecule has 29 heavy (non-hydrogen) atoms. The van der Waals surface area contributed by atoms with Crippen LogP contribution in [0.3, 0.4) is 0 Å². The Morgan fingerprint density at radius 3 is 2.59 bits per heavy atom. The number of nitrogens with one attached hydrogen (secondary N) is 2. The first-order valence-electron chi connectivity index (χ1n) is 9.63. The zero-order valence-corrected chi connectivity index (χ0v) is 17.1. The van der Waals surface area contributed by atoms with Crippen LogP contribution >= 0.6 is 11.3 Å². The van der Waals surface area contributed by atoms with E-state index in [-0.39, 0.29) is 11.8 Å². The van der Waals surface area contributed by atoms with Gasteiger partial charge in [-0.25, -0.2) is 0 Å². The lowest BCUT2D eigenvalue weighted by Crippen LogP contribution is -2.47. The Balaban J connectivity index is 1.40. The Bertz CT molecular complexity index is 1010. The number of carbonyl (C=O) groups excluding carboxylic acids is 2. The molecule has 0 bridgehead atoms. The van der Waals surface area contributed by atoms with Crippen LogP contribution in [0.15, 0.2) is 60.0 Å². The maximum atomic E-state index is 12.7. The van der Waals surface area contributed by atoms with Crippen molar-refractivity contribution in [1.29, 1.82) is 0 Å². The monoisotopic (exact) mass is 405 g/mol. The highest BCUT2D eigenvalue weighted by molar-refractivity contribution is 7.12. The van der Waals surface area contributed by atoms with Crippen molar-refractivity contribution in [2.75, 3.05) is 24.5 Å². The van der Waals surface area contributed by atoms with Crippen molar-refractivity contribution in [3.05, 3.63) is 76.0 Å². The van der Waals surface area contributed by atoms with Gasteiger partial charge in [0.15, 0.2) is 0 Å². The number of rotatable bonds is 5. The molecule has 6 heteroatoms. The van der Waals surface area contributed by atoms with E-state index in [0.717, 1.165) is 33.8 Å². The normalized spacial score (nSPS) is 13.8. The van der Waals surface area contributed by atoms with E-state index in [0.29, 0.717) is 19.6 Å². The highest BCUT2D eigenvalue weighted by Crippen LogP contribution is 2.28. The van der Waals surface area contributed by atoms with E-state index >= 15 is 0 Å². The van der Waals surface area contributed by atoms with Crippen molar-refractivity contribution in [1.82, 2.24) is 10.6 Å². The fourth-order valence-electron chi connectivity index (χ4n) is 3.39. The van der Waals surface area contributed by atoms with Crippen LogP contribution in [0.1, 0.15) is 20.8 Å². The number of carbonyl (C=O) groups is 2. The predicted octanol–water partition coefficient (Wildman–Crippen LogP) is 3.59. The zero-order chi connectivity index (χ0) is 20.2. The average molecular weight is 406 g/mol. The quantitative estimate of drug-likeness (QED) is 0.682. The predicted molar refractivity (Wildman–Crippen MR) is 117 cm³/mol. The van der Waals surface area contributed by atoms with E-state index in [2.05, 4.69) is 34.6 Å². The number of thiophene rings is 1. The van der Waals surface area contributed by atoms with Crippen molar-refractivity contribution < 1.29 is 9.59 Å². The zero-order valence-electron chi connectivity index (χ0n) is 16.3. The van der Waals surface area contributed by atoms with Crippen molar-refractivity contribution >= 4 is 28.8 Å². The number of benzene rings is 2. The first kappa shape index (κ1) is 19.2. The minimum Gasteiger partial charge on any atom is -0.360 e. The minimum absolute atomic E-state index is 0.0490. The highest BCUT2D eigenvalue weighted by Gasteiger charge is 2.17. The summed E-state index contributed by atoms with van der Waals surface area (Å²) >= 11 is 1.46. The Kier molecular flexibility index (Phi) is 5.62. The van der Waals surface area contributed by atoms with Gasteiger partial charge < -0.3 is 15.5 Å². The Labute approximate surface area is 174 Å². The Morgan fingerprint density at radius 2 is 1.86 bits per heavy atom. The smallest absolute Gasteiger partial charge is 0.262 e. The van der Waals surface area contributed by atoms with Gasteiger partial charge in [0.25, 0.3) is 5.91 Å². The van der Waals surface area contributed by atoms with E-state index in [4.69, 9.17) is 0 Å². The van der Waals surface area contributed by atoms with Crippen molar-refractivity contribution in [3.8, 4) is 11.1 Å². The van der Waals surface area contributed by atoms with Crippen molar-refractivity contribution in [3.63, 3.8) is 0 Å². The molecule has 0 unspecified atom stereocenters. The molecule has 0 radical (unpaired) electrons. The minimum atomic E-state index is -0.0626. The van der Waals surface area contributed by atoms with Gasteiger partial charge in [-0.15, -0.1) is 11.3 Å². The second-order valence-corrected chi connectivity index (χ2v) is 8.07. The van der Waals surface area contributed by atoms with Crippen LogP contribution in [0.25, 0.3) is 11.1 Å². The van der Waals surface area contributed by atoms with Crippen LogP contribution in [0.4, 0.5) is 5.69 Å². The SMILES string of the molecule is Cc1ccc(-c2ccsc2C(=O)NCc2ccc(N3CCNC(=O)C3)cc2)cc1. The molecule has 2 amide bonds. The molecule has 4 rings (SSSR count). The van der Waals surface area contributed by atoms with E-state index in [1.54, 1.807) is 0 Å². The van der Waals surface area contributed by atoms with Crippen molar-refractivity contribution in [2.24, 2.45) is 0 Å². The lowest BCUT2D eigenvalue weighted by atomic mass is 10.0. The second-order valence-electron chi connectivity index (χ2n) is 7.15. The van der Waals surface area contributed by atoms with E-state index < -0.39 is 0 Å². The first-order chi connectivity index (χ1) is 14.1. The molecule has 1 aliphatic rings. The summed E-state index contributed by atoms with van der Waals surface area (Å²) in [5.41, 5.74) is 5.26. The van der Waals surface area contributed by atoms with Crippen LogP contribution in [0.2, 0.25) is 0 Å². The molecule has 5 nitrogen and oxygen atoms in total. The molecule has 0 spiro atoms. The maximum absolute atomic E-state index is 12.7. The van der Waals surface area contributed by atoms with E-state index in [9.17, 15) is 9.59 Å². The van der Waals surface area contributed by atoms with Gasteiger partial charge in [0.05, 0.1) is 11.4 Å². The number of piperazine rings is 1. The molecule has 3 aromatic rings. The summed E-state index contributed by atoms with van der Waals surface area (Å²) in [6, 6.07) is 18.2. The van der Waals surface area contributed by atoms with Crippen LogP contribution in [0, 0.1) is 6.92 Å². The summed E-state index contributed by atoms with van der Waals surface area (Å²) in [5.74, 6) is -0.0136. The van der Waals surface area contributed by atoms with Crippen LogP contribution < -0.4 is 15.5 Å². The second kappa shape index (κ2) is 8.49. The van der Waals surface area contributed by atoms with Crippen LogP contribution in [0.5, 0.6) is 0 Å². The lowest BCUT2D eigenvalue weighted by molar-refractivity contribution is -0.120. The fourth-order valence-corrected chi connectivity index (χ4v) is 4.22. The summed E-state index contributed by atoms with van der Waals surface area (Å²) in [5, 5.41) is 7.81. The third-order valence-corrected chi connectivity index (χ3v) is 5.94. The largest absolute Gasteiger partial charge is 0.360 e. The number of amides is 2. The standard InChI is InChI=1S/C23H23N3O2S/c1-16-2-6-18(7-3-16)20-10-13-29-22(20)23(28)25-14-17-4-8-19(9-5-17)26-12-11-24-21(27)15-26/h2-10,13H,11-12,14-15H2,1H3,(H,24,27)(H,25,28). The summed E-state index contributed by atoms with van der Waals surface area (Å²) in [6.07, 6.45) is 0. The fraction of sp³-hybridized carbons (Fsp3) is 0.217. The van der Waals surface area contributed by atoms with Gasteiger partial charge in [-0.05, 0) is 41.6 Å². The molecule has 1 saturated heterocycles. The van der Waals surface area contributed by atoms with Gasteiger partial charge in [-0.1, -0.05) is 42.0 Å². The van der Waals surface area contributed by atoms with Gasteiger partial charge in [0.2, 0.25) is 5.91 Å².